The zero-order valence-corrected chi connectivity index (χ0v) is 14.0. The molecule has 0 aliphatic heterocycles. The number of ketones is 1. The molecule has 0 atom stereocenters. The van der Waals surface area contributed by atoms with E-state index in [0.717, 1.165) is 17.7 Å². The number of phenols is 1. The van der Waals surface area contributed by atoms with Crippen molar-refractivity contribution in [3.63, 3.8) is 0 Å². The maximum atomic E-state index is 10.9. The van der Waals surface area contributed by atoms with Crippen molar-refractivity contribution in [2.45, 2.75) is 39.0 Å². The average molecular weight is 312 g/mol. The molecule has 0 bridgehead atoms. The molecule has 2 rings (SSSR count). The number of benzene rings is 2. The first kappa shape index (κ1) is 17.1. The number of carbonyl (C=O) groups excluding carboxylic acids is 1. The second-order valence-corrected chi connectivity index (χ2v) is 6.35. The molecule has 23 heavy (non-hydrogen) atoms. The van der Waals surface area contributed by atoms with E-state index in [1.165, 1.54) is 5.56 Å². The third kappa shape index (κ3) is 4.59. The molecule has 0 saturated carbocycles. The fourth-order valence-corrected chi connectivity index (χ4v) is 2.52. The summed E-state index contributed by atoms with van der Waals surface area (Å²) in [7, 11) is 0. The van der Waals surface area contributed by atoms with E-state index >= 15 is 0 Å². The van der Waals surface area contributed by atoms with Crippen molar-refractivity contribution in [1.29, 1.82) is 0 Å². The molecule has 0 aliphatic carbocycles. The zero-order chi connectivity index (χ0) is 16.9. The monoisotopic (exact) mass is 312 g/mol. The molecule has 1 N–H and O–H groups in total. The zero-order valence-electron chi connectivity index (χ0n) is 14.0. The Kier molecular flexibility index (Phi) is 5.43. The van der Waals surface area contributed by atoms with Gasteiger partial charge in [0.05, 0.1) is 6.61 Å². The van der Waals surface area contributed by atoms with Gasteiger partial charge in [0, 0.05) is 11.8 Å². The van der Waals surface area contributed by atoms with Crippen molar-refractivity contribution in [2.24, 2.45) is 0 Å². The predicted molar refractivity (Wildman–Crippen MR) is 92.1 cm³/mol. The molecule has 0 heterocycles. The molecule has 2 aromatic rings. The summed E-state index contributed by atoms with van der Waals surface area (Å²) in [6.45, 7) is 6.46. The average Bonchev–Trinajstić information content (AvgIpc) is 2.52. The number of rotatable bonds is 7. The van der Waals surface area contributed by atoms with Crippen LogP contribution in [0.5, 0.6) is 11.5 Å². The van der Waals surface area contributed by atoms with Crippen LogP contribution in [0.25, 0.3) is 0 Å². The second-order valence-electron chi connectivity index (χ2n) is 6.35. The van der Waals surface area contributed by atoms with Crippen molar-refractivity contribution >= 4 is 5.78 Å². The van der Waals surface area contributed by atoms with Gasteiger partial charge < -0.3 is 14.6 Å². The van der Waals surface area contributed by atoms with Crippen LogP contribution in [0.2, 0.25) is 0 Å². The summed E-state index contributed by atoms with van der Waals surface area (Å²) in [5, 5.41) is 9.43. The maximum absolute atomic E-state index is 10.9. The van der Waals surface area contributed by atoms with Gasteiger partial charge in [-0.25, -0.2) is 0 Å². The molecule has 122 valence electrons. The number of ether oxygens (including phenoxy) is 1. The lowest BCUT2D eigenvalue weighted by Crippen LogP contribution is -2.18. The Labute approximate surface area is 137 Å². The first-order valence-corrected chi connectivity index (χ1v) is 7.92. The van der Waals surface area contributed by atoms with E-state index in [0.29, 0.717) is 13.0 Å². The summed E-state index contributed by atoms with van der Waals surface area (Å²) in [5.41, 5.74) is 2.17. The van der Waals surface area contributed by atoms with Gasteiger partial charge in [-0.1, -0.05) is 38.1 Å². The standard InChI is InChI=1S/C20H24O3/c1-15(21)5-4-14-23-19-12-8-17(9-13-19)20(2,3)16-6-10-18(22)11-7-16/h6-13,22H,4-5,14H2,1-3H3. The van der Waals surface area contributed by atoms with Gasteiger partial charge in [-0.05, 0) is 48.7 Å². The van der Waals surface area contributed by atoms with E-state index in [9.17, 15) is 9.90 Å². The molecule has 0 saturated heterocycles. The lowest BCUT2D eigenvalue weighted by molar-refractivity contribution is -0.117. The lowest BCUT2D eigenvalue weighted by atomic mass is 9.78. The van der Waals surface area contributed by atoms with Crippen LogP contribution in [0.1, 0.15) is 44.7 Å². The first-order valence-electron chi connectivity index (χ1n) is 7.92. The number of phenolic OH excluding ortho intramolecular Hbond substituents is 1. The molecule has 0 aromatic heterocycles. The van der Waals surface area contributed by atoms with E-state index in [1.54, 1.807) is 19.1 Å². The highest BCUT2D eigenvalue weighted by Crippen LogP contribution is 2.33. The maximum Gasteiger partial charge on any atom is 0.129 e. The SMILES string of the molecule is CC(=O)CCCOc1ccc(C(C)(C)c2ccc(O)cc2)cc1. The minimum atomic E-state index is -0.152. The van der Waals surface area contributed by atoms with Crippen molar-refractivity contribution < 1.29 is 14.6 Å². The highest BCUT2D eigenvalue weighted by molar-refractivity contribution is 5.75. The van der Waals surface area contributed by atoms with Gasteiger partial charge in [0.15, 0.2) is 0 Å². The van der Waals surface area contributed by atoms with Gasteiger partial charge in [-0.2, -0.15) is 0 Å². The minimum Gasteiger partial charge on any atom is -0.508 e. The molecule has 3 heteroatoms. The van der Waals surface area contributed by atoms with Gasteiger partial charge in [-0.3, -0.25) is 0 Å². The molecule has 3 nitrogen and oxygen atoms in total. The van der Waals surface area contributed by atoms with E-state index in [-0.39, 0.29) is 16.9 Å². The Morgan fingerprint density at radius 3 is 2.04 bits per heavy atom. The largest absolute Gasteiger partial charge is 0.508 e. The third-order valence-corrected chi connectivity index (χ3v) is 4.11. The van der Waals surface area contributed by atoms with Crippen LogP contribution in [0.4, 0.5) is 0 Å². The van der Waals surface area contributed by atoms with Crippen LogP contribution >= 0.6 is 0 Å². The van der Waals surface area contributed by atoms with Gasteiger partial charge >= 0.3 is 0 Å². The molecular weight excluding hydrogens is 288 g/mol. The second kappa shape index (κ2) is 7.32. The van der Waals surface area contributed by atoms with Crippen LogP contribution < -0.4 is 4.74 Å². The number of Topliss-reactive ketones (excluding diaryl/α,β-unsaturated/α-hetero) is 1. The summed E-state index contributed by atoms with van der Waals surface area (Å²) < 4.78 is 5.66. The van der Waals surface area contributed by atoms with E-state index in [4.69, 9.17) is 4.74 Å². The Morgan fingerprint density at radius 2 is 1.52 bits per heavy atom. The van der Waals surface area contributed by atoms with Gasteiger partial charge in [0.1, 0.15) is 17.3 Å². The fourth-order valence-electron chi connectivity index (χ4n) is 2.52. The number of hydrogen-bond donors (Lipinski definition) is 1. The molecule has 0 fully saturated rings. The predicted octanol–water partition coefficient (Wildman–Crippen LogP) is 4.47. The number of carbonyl (C=O) groups is 1. The minimum absolute atomic E-state index is 0.152. The topological polar surface area (TPSA) is 46.5 Å². The number of aromatic hydroxyl groups is 1. The smallest absolute Gasteiger partial charge is 0.129 e. The van der Waals surface area contributed by atoms with Crippen molar-refractivity contribution in [3.05, 3.63) is 59.7 Å². The number of hydrogen-bond acceptors (Lipinski definition) is 3. The third-order valence-electron chi connectivity index (χ3n) is 4.11. The van der Waals surface area contributed by atoms with Crippen molar-refractivity contribution in [1.82, 2.24) is 0 Å². The first-order chi connectivity index (χ1) is 10.9. The Balaban J connectivity index is 2.03. The molecule has 0 aliphatic rings. The quantitative estimate of drug-likeness (QED) is 0.767. The fraction of sp³-hybridized carbons (Fsp3) is 0.350. The van der Waals surface area contributed by atoms with Crippen LogP contribution in [0, 0.1) is 0 Å². The highest BCUT2D eigenvalue weighted by atomic mass is 16.5. The van der Waals surface area contributed by atoms with E-state index < -0.39 is 0 Å². The molecule has 2 aromatic carbocycles. The summed E-state index contributed by atoms with van der Waals surface area (Å²) >= 11 is 0. The summed E-state index contributed by atoms with van der Waals surface area (Å²) in [4.78, 5) is 10.9. The van der Waals surface area contributed by atoms with Crippen LogP contribution in [0.15, 0.2) is 48.5 Å². The van der Waals surface area contributed by atoms with E-state index in [1.807, 2.05) is 24.3 Å². The Morgan fingerprint density at radius 1 is 1.00 bits per heavy atom. The van der Waals surface area contributed by atoms with Gasteiger partial charge in [-0.15, -0.1) is 0 Å². The van der Waals surface area contributed by atoms with Crippen molar-refractivity contribution in [3.8, 4) is 11.5 Å². The van der Waals surface area contributed by atoms with Crippen LogP contribution in [0.3, 0.4) is 0 Å². The van der Waals surface area contributed by atoms with Crippen LogP contribution in [-0.4, -0.2) is 17.5 Å². The summed E-state index contributed by atoms with van der Waals surface area (Å²) in [5.74, 6) is 1.29. The summed E-state index contributed by atoms with van der Waals surface area (Å²) in [6.07, 6.45) is 1.31. The molecule has 0 radical (unpaired) electrons. The lowest BCUT2D eigenvalue weighted by Gasteiger charge is -2.26. The van der Waals surface area contributed by atoms with Gasteiger partial charge in [0.25, 0.3) is 0 Å². The normalized spacial score (nSPS) is 11.3. The Hall–Kier alpha value is -2.29. The van der Waals surface area contributed by atoms with Gasteiger partial charge in [0.2, 0.25) is 0 Å². The van der Waals surface area contributed by atoms with Crippen LogP contribution in [-0.2, 0) is 10.2 Å². The molecule has 0 unspecified atom stereocenters. The Bertz CT molecular complexity index is 640. The molecule has 0 spiro atoms. The van der Waals surface area contributed by atoms with Crippen molar-refractivity contribution in [2.75, 3.05) is 6.61 Å². The summed E-state index contributed by atoms with van der Waals surface area (Å²) in [6, 6.07) is 15.4. The highest BCUT2D eigenvalue weighted by Gasteiger charge is 2.22. The molecular formula is C20H24O3. The molecule has 0 amide bonds. The van der Waals surface area contributed by atoms with E-state index in [2.05, 4.69) is 26.0 Å².